The van der Waals surface area contributed by atoms with Crippen LogP contribution in [0.5, 0.6) is 0 Å². The molecule has 1 aliphatic carbocycles. The minimum Gasteiger partial charge on any atom is -0.352 e. The summed E-state index contributed by atoms with van der Waals surface area (Å²) in [6.07, 6.45) is 4.60. The van der Waals surface area contributed by atoms with E-state index in [9.17, 15) is 4.79 Å². The van der Waals surface area contributed by atoms with Gasteiger partial charge in [0.15, 0.2) is 0 Å². The molecule has 0 radical (unpaired) electrons. The van der Waals surface area contributed by atoms with E-state index in [0.717, 1.165) is 18.8 Å². The van der Waals surface area contributed by atoms with E-state index >= 15 is 0 Å². The monoisotopic (exact) mass is 156 g/mol. The van der Waals surface area contributed by atoms with Gasteiger partial charge in [0.1, 0.15) is 0 Å². The lowest BCUT2D eigenvalue weighted by Crippen LogP contribution is -2.40. The van der Waals surface area contributed by atoms with Crippen LogP contribution in [0.15, 0.2) is 0 Å². The number of rotatable bonds is 1. The average Bonchev–Trinajstić information content (AvgIpc) is 1.93. The maximum absolute atomic E-state index is 10.5. The summed E-state index contributed by atoms with van der Waals surface area (Å²) in [7, 11) is 0. The second-order valence-electron chi connectivity index (χ2n) is 3.47. The van der Waals surface area contributed by atoms with E-state index in [1.165, 1.54) is 12.8 Å². The highest BCUT2D eigenvalue weighted by molar-refractivity contribution is 5.71. The van der Waals surface area contributed by atoms with Crippen LogP contribution in [0.2, 0.25) is 0 Å². The molecule has 3 heteroatoms. The van der Waals surface area contributed by atoms with Crippen LogP contribution in [-0.2, 0) is 0 Å². The van der Waals surface area contributed by atoms with Gasteiger partial charge in [-0.2, -0.15) is 0 Å². The standard InChI is InChI=1S/C8H16N2O/c1-6-2-4-7(5-3-6)10-8(9)11/h6-7H,2-5H2,1H3,(H3,9,10,11)/t6-,7-. The van der Waals surface area contributed by atoms with Gasteiger partial charge in [0.2, 0.25) is 0 Å². The molecule has 1 aliphatic rings. The summed E-state index contributed by atoms with van der Waals surface area (Å²) in [5, 5.41) is 2.74. The molecule has 3 nitrogen and oxygen atoms in total. The number of hydrogen-bond donors (Lipinski definition) is 2. The van der Waals surface area contributed by atoms with Crippen molar-refractivity contribution in [3.8, 4) is 0 Å². The Labute approximate surface area is 67.3 Å². The highest BCUT2D eigenvalue weighted by atomic mass is 16.2. The number of carbonyl (C=O) groups is 1. The SMILES string of the molecule is C[C@H]1CC[C@H](NC(N)=O)CC1. The Morgan fingerprint density at radius 2 is 1.91 bits per heavy atom. The molecule has 0 saturated heterocycles. The molecule has 0 unspecified atom stereocenters. The lowest BCUT2D eigenvalue weighted by molar-refractivity contribution is 0.236. The Morgan fingerprint density at radius 1 is 1.36 bits per heavy atom. The normalized spacial score (nSPS) is 31.4. The number of carbonyl (C=O) groups excluding carboxylic acids is 1. The van der Waals surface area contributed by atoms with Crippen molar-refractivity contribution < 1.29 is 4.79 Å². The van der Waals surface area contributed by atoms with E-state index in [-0.39, 0.29) is 6.03 Å². The summed E-state index contributed by atoms with van der Waals surface area (Å²) in [6.45, 7) is 2.25. The molecule has 1 fully saturated rings. The number of nitrogens with two attached hydrogens (primary N) is 1. The molecule has 2 amide bonds. The first kappa shape index (κ1) is 8.37. The van der Waals surface area contributed by atoms with Gasteiger partial charge >= 0.3 is 6.03 Å². The van der Waals surface area contributed by atoms with Gasteiger partial charge in [-0.3, -0.25) is 0 Å². The zero-order valence-electron chi connectivity index (χ0n) is 6.97. The molecule has 1 saturated carbocycles. The number of urea groups is 1. The molecule has 0 atom stereocenters. The van der Waals surface area contributed by atoms with Crippen LogP contribution in [0.4, 0.5) is 4.79 Å². The fourth-order valence-electron chi connectivity index (χ4n) is 1.61. The zero-order valence-corrected chi connectivity index (χ0v) is 6.97. The predicted octanol–water partition coefficient (Wildman–Crippen LogP) is 1.23. The van der Waals surface area contributed by atoms with Crippen LogP contribution in [0.3, 0.4) is 0 Å². The first-order chi connectivity index (χ1) is 5.18. The van der Waals surface area contributed by atoms with Gasteiger partial charge in [-0.25, -0.2) is 4.79 Å². The number of primary amides is 1. The third-order valence-electron chi connectivity index (χ3n) is 2.36. The summed E-state index contributed by atoms with van der Waals surface area (Å²) in [4.78, 5) is 10.5. The van der Waals surface area contributed by atoms with Crippen LogP contribution in [0.1, 0.15) is 32.6 Å². The van der Waals surface area contributed by atoms with Crippen molar-refractivity contribution in [3.05, 3.63) is 0 Å². The molecule has 0 aliphatic heterocycles. The Kier molecular flexibility index (Phi) is 2.74. The van der Waals surface area contributed by atoms with Crippen LogP contribution in [-0.4, -0.2) is 12.1 Å². The lowest BCUT2D eigenvalue weighted by Gasteiger charge is -2.25. The Balaban J connectivity index is 2.22. The number of amides is 2. The Hall–Kier alpha value is -0.730. The van der Waals surface area contributed by atoms with E-state index in [1.807, 2.05) is 0 Å². The quantitative estimate of drug-likeness (QED) is 0.589. The van der Waals surface area contributed by atoms with Crippen LogP contribution in [0, 0.1) is 5.92 Å². The molecule has 0 aromatic rings. The van der Waals surface area contributed by atoms with E-state index in [1.54, 1.807) is 0 Å². The molecule has 0 bridgehead atoms. The van der Waals surface area contributed by atoms with Crippen molar-refractivity contribution in [1.29, 1.82) is 0 Å². The highest BCUT2D eigenvalue weighted by Gasteiger charge is 2.18. The first-order valence-corrected chi connectivity index (χ1v) is 4.24. The van der Waals surface area contributed by atoms with Crippen molar-refractivity contribution in [2.45, 2.75) is 38.6 Å². The summed E-state index contributed by atoms with van der Waals surface area (Å²) in [5.41, 5.74) is 5.01. The smallest absolute Gasteiger partial charge is 0.312 e. The van der Waals surface area contributed by atoms with E-state index in [0.29, 0.717) is 6.04 Å². The van der Waals surface area contributed by atoms with Crippen LogP contribution < -0.4 is 11.1 Å². The van der Waals surface area contributed by atoms with E-state index < -0.39 is 0 Å². The summed E-state index contributed by atoms with van der Waals surface area (Å²) < 4.78 is 0. The molecule has 0 aromatic heterocycles. The number of nitrogens with one attached hydrogen (secondary N) is 1. The minimum absolute atomic E-state index is 0.337. The molecule has 0 aromatic carbocycles. The summed E-state index contributed by atoms with van der Waals surface area (Å²) in [6, 6.07) is -0.0479. The third kappa shape index (κ3) is 2.78. The van der Waals surface area contributed by atoms with Crippen LogP contribution >= 0.6 is 0 Å². The summed E-state index contributed by atoms with van der Waals surface area (Å²) >= 11 is 0. The third-order valence-corrected chi connectivity index (χ3v) is 2.36. The molecular formula is C8H16N2O. The molecule has 3 N–H and O–H groups in total. The minimum atomic E-state index is -0.385. The van der Waals surface area contributed by atoms with Crippen molar-refractivity contribution in [2.75, 3.05) is 0 Å². The van der Waals surface area contributed by atoms with Gasteiger partial charge in [0.25, 0.3) is 0 Å². The molecule has 0 spiro atoms. The second-order valence-corrected chi connectivity index (χ2v) is 3.47. The Morgan fingerprint density at radius 3 is 2.36 bits per heavy atom. The maximum atomic E-state index is 10.5. The van der Waals surface area contributed by atoms with E-state index in [4.69, 9.17) is 5.73 Å². The Bertz CT molecular complexity index is 139. The van der Waals surface area contributed by atoms with Gasteiger partial charge in [-0.05, 0) is 31.6 Å². The largest absolute Gasteiger partial charge is 0.352 e. The van der Waals surface area contributed by atoms with Gasteiger partial charge in [0.05, 0.1) is 0 Å². The molecular weight excluding hydrogens is 140 g/mol. The van der Waals surface area contributed by atoms with Gasteiger partial charge < -0.3 is 11.1 Å². The van der Waals surface area contributed by atoms with Crippen molar-refractivity contribution >= 4 is 6.03 Å². The second kappa shape index (κ2) is 3.60. The summed E-state index contributed by atoms with van der Waals surface area (Å²) in [5.74, 6) is 0.820. The molecule has 0 heterocycles. The molecule has 1 rings (SSSR count). The lowest BCUT2D eigenvalue weighted by atomic mass is 9.87. The van der Waals surface area contributed by atoms with Gasteiger partial charge in [0, 0.05) is 6.04 Å². The fourth-order valence-corrected chi connectivity index (χ4v) is 1.61. The van der Waals surface area contributed by atoms with Gasteiger partial charge in [-0.1, -0.05) is 6.92 Å². The van der Waals surface area contributed by atoms with Crippen molar-refractivity contribution in [1.82, 2.24) is 5.32 Å². The maximum Gasteiger partial charge on any atom is 0.312 e. The molecule has 11 heavy (non-hydrogen) atoms. The fraction of sp³-hybridized carbons (Fsp3) is 0.875. The topological polar surface area (TPSA) is 55.1 Å². The highest BCUT2D eigenvalue weighted by Crippen LogP contribution is 2.23. The van der Waals surface area contributed by atoms with Crippen molar-refractivity contribution in [2.24, 2.45) is 11.7 Å². The van der Waals surface area contributed by atoms with E-state index in [2.05, 4.69) is 12.2 Å². The van der Waals surface area contributed by atoms with Gasteiger partial charge in [-0.15, -0.1) is 0 Å². The van der Waals surface area contributed by atoms with Crippen LogP contribution in [0.25, 0.3) is 0 Å². The zero-order chi connectivity index (χ0) is 8.27. The average molecular weight is 156 g/mol. The van der Waals surface area contributed by atoms with Crippen molar-refractivity contribution in [3.63, 3.8) is 0 Å². The number of hydrogen-bond acceptors (Lipinski definition) is 1. The molecule has 64 valence electrons. The first-order valence-electron chi connectivity index (χ1n) is 4.24. The predicted molar refractivity (Wildman–Crippen MR) is 44.1 cm³/mol.